The second-order valence-electron chi connectivity index (χ2n) is 7.11. The van der Waals surface area contributed by atoms with Gasteiger partial charge in [0.15, 0.2) is 0 Å². The topological polar surface area (TPSA) is 42.0 Å². The average Bonchev–Trinajstić information content (AvgIpc) is 2.57. The highest BCUT2D eigenvalue weighted by molar-refractivity contribution is 5.97. The van der Waals surface area contributed by atoms with Crippen molar-refractivity contribution in [3.63, 3.8) is 0 Å². The monoisotopic (exact) mass is 366 g/mol. The van der Waals surface area contributed by atoms with Crippen LogP contribution in [0.4, 0.5) is 13.2 Å². The van der Waals surface area contributed by atoms with Crippen LogP contribution in [0.15, 0.2) is 36.5 Å². The highest BCUT2D eigenvalue weighted by Gasteiger charge is 2.41. The van der Waals surface area contributed by atoms with Crippen molar-refractivity contribution in [3.05, 3.63) is 42.1 Å². The SMILES string of the molecule is CCC(CC)CC(C)(CC(F)(F)F)NC(=O)c1cnc2ccccc2c1. The molecule has 2 rings (SSSR count). The summed E-state index contributed by atoms with van der Waals surface area (Å²) in [5.74, 6) is -0.404. The van der Waals surface area contributed by atoms with Gasteiger partial charge in [0.25, 0.3) is 5.91 Å². The number of halogens is 3. The lowest BCUT2D eigenvalue weighted by molar-refractivity contribution is -0.149. The Morgan fingerprint density at radius 1 is 1.19 bits per heavy atom. The predicted octanol–water partition coefficient (Wildman–Crippen LogP) is 5.50. The van der Waals surface area contributed by atoms with Crippen molar-refractivity contribution in [2.75, 3.05) is 0 Å². The Hall–Kier alpha value is -2.11. The number of carbonyl (C=O) groups excluding carboxylic acids is 1. The second kappa shape index (κ2) is 8.06. The molecule has 0 saturated carbocycles. The van der Waals surface area contributed by atoms with E-state index in [0.717, 1.165) is 23.7 Å². The maximum absolute atomic E-state index is 13.1. The maximum atomic E-state index is 13.1. The maximum Gasteiger partial charge on any atom is 0.391 e. The van der Waals surface area contributed by atoms with Crippen molar-refractivity contribution in [1.82, 2.24) is 10.3 Å². The lowest BCUT2D eigenvalue weighted by Crippen LogP contribution is -2.50. The summed E-state index contributed by atoms with van der Waals surface area (Å²) in [6, 6.07) is 8.95. The fraction of sp³-hybridized carbons (Fsp3) is 0.500. The summed E-state index contributed by atoms with van der Waals surface area (Å²) in [5.41, 5.74) is -0.349. The van der Waals surface area contributed by atoms with Crippen LogP contribution in [-0.4, -0.2) is 22.6 Å². The number of amides is 1. The van der Waals surface area contributed by atoms with Crippen LogP contribution in [0.2, 0.25) is 0 Å². The number of para-hydroxylation sites is 1. The largest absolute Gasteiger partial charge is 0.391 e. The predicted molar refractivity (Wildman–Crippen MR) is 97.0 cm³/mol. The van der Waals surface area contributed by atoms with Crippen LogP contribution < -0.4 is 5.32 Å². The number of hydrogen-bond acceptors (Lipinski definition) is 2. The molecule has 0 aliphatic carbocycles. The summed E-state index contributed by atoms with van der Waals surface area (Å²) in [6.07, 6.45) is -2.16. The minimum absolute atomic E-state index is 0.123. The van der Waals surface area contributed by atoms with Crippen LogP contribution in [0.1, 0.15) is 56.8 Å². The molecule has 1 heterocycles. The molecule has 0 aliphatic rings. The molecule has 0 bridgehead atoms. The van der Waals surface area contributed by atoms with E-state index in [9.17, 15) is 18.0 Å². The first kappa shape index (κ1) is 20.2. The van der Waals surface area contributed by atoms with Gasteiger partial charge in [0.2, 0.25) is 0 Å². The average molecular weight is 366 g/mol. The molecule has 6 heteroatoms. The van der Waals surface area contributed by atoms with Crippen molar-refractivity contribution >= 4 is 16.8 Å². The lowest BCUT2D eigenvalue weighted by atomic mass is 9.83. The summed E-state index contributed by atoms with van der Waals surface area (Å²) in [6.45, 7) is 5.39. The van der Waals surface area contributed by atoms with Crippen LogP contribution in [0, 0.1) is 5.92 Å². The van der Waals surface area contributed by atoms with Gasteiger partial charge in [0, 0.05) is 17.1 Å². The van der Waals surface area contributed by atoms with Crippen LogP contribution in [0.5, 0.6) is 0 Å². The van der Waals surface area contributed by atoms with Gasteiger partial charge in [-0.1, -0.05) is 44.9 Å². The molecule has 142 valence electrons. The van der Waals surface area contributed by atoms with Crippen LogP contribution in [0.3, 0.4) is 0 Å². The quantitative estimate of drug-likeness (QED) is 0.703. The van der Waals surface area contributed by atoms with Gasteiger partial charge in [0.05, 0.1) is 17.5 Å². The summed E-state index contributed by atoms with van der Waals surface area (Å²) in [5, 5.41) is 3.41. The number of fused-ring (bicyclic) bond motifs is 1. The molecule has 3 nitrogen and oxygen atoms in total. The molecule has 0 fully saturated rings. The number of nitrogens with zero attached hydrogens (tertiary/aromatic N) is 1. The first-order chi connectivity index (χ1) is 12.2. The fourth-order valence-corrected chi connectivity index (χ4v) is 3.37. The van der Waals surface area contributed by atoms with Crippen LogP contribution in [0.25, 0.3) is 10.9 Å². The molecule has 2 aromatic rings. The third-order valence-electron chi connectivity index (χ3n) is 4.75. The number of hydrogen-bond donors (Lipinski definition) is 1. The zero-order valence-electron chi connectivity index (χ0n) is 15.4. The number of pyridine rings is 1. The van der Waals surface area contributed by atoms with Gasteiger partial charge in [-0.3, -0.25) is 9.78 Å². The molecule has 1 unspecified atom stereocenters. The van der Waals surface area contributed by atoms with Crippen molar-refractivity contribution in [2.24, 2.45) is 5.92 Å². The molecule has 0 radical (unpaired) electrons. The summed E-state index contributed by atoms with van der Waals surface area (Å²) >= 11 is 0. The molecule has 1 aromatic carbocycles. The van der Waals surface area contributed by atoms with Gasteiger partial charge in [0.1, 0.15) is 0 Å². The molecule has 26 heavy (non-hydrogen) atoms. The van der Waals surface area contributed by atoms with Gasteiger partial charge in [-0.05, 0) is 31.4 Å². The van der Waals surface area contributed by atoms with E-state index in [1.54, 1.807) is 6.07 Å². The van der Waals surface area contributed by atoms with Crippen molar-refractivity contribution < 1.29 is 18.0 Å². The third kappa shape index (κ3) is 5.44. The Kier molecular flexibility index (Phi) is 6.26. The van der Waals surface area contributed by atoms with E-state index in [0.29, 0.717) is 0 Å². The third-order valence-corrected chi connectivity index (χ3v) is 4.75. The summed E-state index contributed by atoms with van der Waals surface area (Å²) < 4.78 is 39.3. The molecule has 1 amide bonds. The normalized spacial score (nSPS) is 14.4. The smallest absolute Gasteiger partial charge is 0.346 e. The first-order valence-electron chi connectivity index (χ1n) is 8.90. The Balaban J connectivity index is 2.25. The lowest BCUT2D eigenvalue weighted by Gasteiger charge is -2.34. The molecule has 1 atom stereocenters. The Bertz CT molecular complexity index is 756. The van der Waals surface area contributed by atoms with Gasteiger partial charge in [-0.25, -0.2) is 0 Å². The molecular formula is C20H25F3N2O. The summed E-state index contributed by atoms with van der Waals surface area (Å²) in [7, 11) is 0. The van der Waals surface area contributed by atoms with Crippen LogP contribution in [-0.2, 0) is 0 Å². The number of carbonyl (C=O) groups is 1. The van der Waals surface area contributed by atoms with Gasteiger partial charge in [-0.15, -0.1) is 0 Å². The zero-order valence-corrected chi connectivity index (χ0v) is 15.4. The summed E-state index contributed by atoms with van der Waals surface area (Å²) in [4.78, 5) is 16.8. The Morgan fingerprint density at radius 3 is 2.46 bits per heavy atom. The van der Waals surface area contributed by atoms with Gasteiger partial charge < -0.3 is 5.32 Å². The Labute approximate surface area is 152 Å². The van der Waals surface area contributed by atoms with Crippen molar-refractivity contribution in [3.8, 4) is 0 Å². The molecule has 1 aromatic heterocycles. The van der Waals surface area contributed by atoms with E-state index in [4.69, 9.17) is 0 Å². The number of aromatic nitrogens is 1. The Morgan fingerprint density at radius 2 is 1.85 bits per heavy atom. The first-order valence-corrected chi connectivity index (χ1v) is 8.90. The van der Waals surface area contributed by atoms with E-state index in [-0.39, 0.29) is 17.9 Å². The van der Waals surface area contributed by atoms with E-state index in [1.807, 2.05) is 38.1 Å². The molecule has 0 saturated heterocycles. The fourth-order valence-electron chi connectivity index (χ4n) is 3.37. The van der Waals surface area contributed by atoms with Crippen LogP contribution >= 0.6 is 0 Å². The highest BCUT2D eigenvalue weighted by Crippen LogP contribution is 2.33. The highest BCUT2D eigenvalue weighted by atomic mass is 19.4. The minimum atomic E-state index is -4.35. The van der Waals surface area contributed by atoms with E-state index >= 15 is 0 Å². The van der Waals surface area contributed by atoms with Crippen molar-refractivity contribution in [1.29, 1.82) is 0 Å². The second-order valence-corrected chi connectivity index (χ2v) is 7.11. The number of rotatable bonds is 7. The minimum Gasteiger partial charge on any atom is -0.346 e. The zero-order chi connectivity index (χ0) is 19.4. The molecule has 0 aliphatic heterocycles. The van der Waals surface area contributed by atoms with E-state index in [1.165, 1.54) is 13.1 Å². The van der Waals surface area contributed by atoms with E-state index < -0.39 is 24.0 Å². The van der Waals surface area contributed by atoms with Crippen molar-refractivity contribution in [2.45, 2.75) is 58.2 Å². The number of benzene rings is 1. The molecule has 0 spiro atoms. The number of alkyl halides is 3. The van der Waals surface area contributed by atoms with E-state index in [2.05, 4.69) is 10.3 Å². The number of nitrogens with one attached hydrogen (secondary N) is 1. The van der Waals surface area contributed by atoms with Gasteiger partial charge in [-0.2, -0.15) is 13.2 Å². The molecular weight excluding hydrogens is 341 g/mol. The standard InChI is InChI=1S/C20H25F3N2O/c1-4-14(5-2)11-19(3,13-20(21,22)23)25-18(26)16-10-15-8-6-7-9-17(15)24-12-16/h6-10,12,14H,4-5,11,13H2,1-3H3,(H,25,26). The molecule has 1 N–H and O–H groups in total. The van der Waals surface area contributed by atoms with Gasteiger partial charge >= 0.3 is 6.18 Å².